The van der Waals surface area contributed by atoms with E-state index in [2.05, 4.69) is 15.3 Å². The maximum Gasteiger partial charge on any atom is 0.257 e. The molecule has 0 radical (unpaired) electrons. The van der Waals surface area contributed by atoms with Gasteiger partial charge in [-0.25, -0.2) is 0 Å². The minimum atomic E-state index is -0.182. The first-order chi connectivity index (χ1) is 9.22. The molecule has 0 unspecified atom stereocenters. The molecule has 0 atom stereocenters. The second kappa shape index (κ2) is 9.08. The number of carbonyl (C=O) groups is 1. The van der Waals surface area contributed by atoms with Crippen molar-refractivity contribution < 1.29 is 9.53 Å². The fourth-order valence-electron chi connectivity index (χ4n) is 1.31. The highest BCUT2D eigenvalue weighted by Gasteiger charge is 2.01. The van der Waals surface area contributed by atoms with Gasteiger partial charge >= 0.3 is 0 Å². The van der Waals surface area contributed by atoms with Crippen LogP contribution in [0.2, 0.25) is 5.02 Å². The minimum absolute atomic E-state index is 0.0298. The van der Waals surface area contributed by atoms with Crippen LogP contribution in [0.3, 0.4) is 0 Å². The quantitative estimate of drug-likeness (QED) is 0.344. The number of hydrogen-bond donors (Lipinski definition) is 1. The standard InChI is InChI=1S/C12H15ClN4O2/c13-10-3-5-11(6-4-10)19-9-12(18)15-7-1-2-8-16-17-14/h3-6H,1-2,7-9H2,(H,15,18). The van der Waals surface area contributed by atoms with Gasteiger partial charge in [-0.05, 0) is 42.6 Å². The van der Waals surface area contributed by atoms with Crippen LogP contribution in [-0.4, -0.2) is 25.6 Å². The van der Waals surface area contributed by atoms with Crippen LogP contribution in [0.1, 0.15) is 12.8 Å². The molecule has 0 spiro atoms. The number of rotatable bonds is 8. The fraction of sp³-hybridized carbons (Fsp3) is 0.417. The van der Waals surface area contributed by atoms with Crippen molar-refractivity contribution >= 4 is 17.5 Å². The Labute approximate surface area is 116 Å². The second-order valence-corrected chi connectivity index (χ2v) is 4.19. The lowest BCUT2D eigenvalue weighted by atomic mass is 10.3. The molecule has 1 rings (SSSR count). The summed E-state index contributed by atoms with van der Waals surface area (Å²) in [4.78, 5) is 14.1. The third kappa shape index (κ3) is 7.18. The van der Waals surface area contributed by atoms with Crippen LogP contribution in [0.4, 0.5) is 0 Å². The summed E-state index contributed by atoms with van der Waals surface area (Å²) in [5.74, 6) is 0.418. The molecule has 0 aliphatic rings. The van der Waals surface area contributed by atoms with Gasteiger partial charge in [-0.1, -0.05) is 16.7 Å². The third-order valence-corrected chi connectivity index (χ3v) is 2.51. The van der Waals surface area contributed by atoms with Crippen LogP contribution >= 0.6 is 11.6 Å². The van der Waals surface area contributed by atoms with E-state index in [1.54, 1.807) is 24.3 Å². The molecule has 0 heterocycles. The first-order valence-electron chi connectivity index (χ1n) is 5.88. The maximum atomic E-state index is 11.4. The molecule has 0 aliphatic heterocycles. The summed E-state index contributed by atoms with van der Waals surface area (Å²) in [6.07, 6.45) is 1.52. The van der Waals surface area contributed by atoms with Crippen molar-refractivity contribution in [2.45, 2.75) is 12.8 Å². The van der Waals surface area contributed by atoms with Crippen LogP contribution in [0.15, 0.2) is 29.4 Å². The predicted molar refractivity (Wildman–Crippen MR) is 73.2 cm³/mol. The number of nitrogens with one attached hydrogen (secondary N) is 1. The molecule has 0 aromatic heterocycles. The number of nitrogens with zero attached hydrogens (tertiary/aromatic N) is 3. The van der Waals surface area contributed by atoms with Gasteiger partial charge in [0, 0.05) is 23.0 Å². The van der Waals surface area contributed by atoms with Gasteiger partial charge in [-0.3, -0.25) is 4.79 Å². The van der Waals surface area contributed by atoms with Crippen LogP contribution < -0.4 is 10.1 Å². The van der Waals surface area contributed by atoms with Gasteiger partial charge in [0.05, 0.1) is 0 Å². The lowest BCUT2D eigenvalue weighted by molar-refractivity contribution is -0.123. The normalized spacial score (nSPS) is 9.53. The number of benzene rings is 1. The van der Waals surface area contributed by atoms with Gasteiger partial charge in [0.25, 0.3) is 5.91 Å². The van der Waals surface area contributed by atoms with Crippen molar-refractivity contribution in [3.8, 4) is 5.75 Å². The average Bonchev–Trinajstić information content (AvgIpc) is 2.42. The summed E-state index contributed by atoms with van der Waals surface area (Å²) in [5.41, 5.74) is 8.07. The molecule has 102 valence electrons. The van der Waals surface area contributed by atoms with E-state index in [4.69, 9.17) is 21.9 Å². The number of amides is 1. The van der Waals surface area contributed by atoms with Gasteiger partial charge in [-0.2, -0.15) is 0 Å². The van der Waals surface area contributed by atoms with Crippen LogP contribution in [0.5, 0.6) is 5.75 Å². The Morgan fingerprint density at radius 2 is 2.11 bits per heavy atom. The number of carbonyl (C=O) groups excluding carboxylic acids is 1. The molecule has 0 aliphatic carbocycles. The van der Waals surface area contributed by atoms with Crippen molar-refractivity contribution in [2.24, 2.45) is 5.11 Å². The average molecular weight is 283 g/mol. The van der Waals surface area contributed by atoms with E-state index in [0.717, 1.165) is 12.8 Å². The minimum Gasteiger partial charge on any atom is -0.484 e. The molecule has 7 heteroatoms. The Morgan fingerprint density at radius 3 is 2.79 bits per heavy atom. The summed E-state index contributed by atoms with van der Waals surface area (Å²) >= 11 is 5.73. The molecule has 1 aromatic carbocycles. The Morgan fingerprint density at radius 1 is 1.37 bits per heavy atom. The Balaban J connectivity index is 2.11. The van der Waals surface area contributed by atoms with E-state index in [1.165, 1.54) is 0 Å². The summed E-state index contributed by atoms with van der Waals surface area (Å²) in [6.45, 7) is 0.968. The molecule has 6 nitrogen and oxygen atoms in total. The van der Waals surface area contributed by atoms with Gasteiger partial charge in [0.1, 0.15) is 5.75 Å². The van der Waals surface area contributed by atoms with Gasteiger partial charge in [0.2, 0.25) is 0 Å². The van der Waals surface area contributed by atoms with Crippen LogP contribution in [0.25, 0.3) is 10.4 Å². The van der Waals surface area contributed by atoms with Gasteiger partial charge < -0.3 is 10.1 Å². The van der Waals surface area contributed by atoms with E-state index in [1.807, 2.05) is 0 Å². The molecular formula is C12H15ClN4O2. The predicted octanol–water partition coefficient (Wildman–Crippen LogP) is 2.93. The van der Waals surface area contributed by atoms with E-state index < -0.39 is 0 Å². The summed E-state index contributed by atoms with van der Waals surface area (Å²) in [5, 5.41) is 6.74. The first-order valence-corrected chi connectivity index (χ1v) is 6.26. The van der Waals surface area contributed by atoms with Crippen molar-refractivity contribution in [2.75, 3.05) is 19.7 Å². The van der Waals surface area contributed by atoms with Crippen LogP contribution in [-0.2, 0) is 4.79 Å². The van der Waals surface area contributed by atoms with Crippen molar-refractivity contribution in [3.05, 3.63) is 39.7 Å². The SMILES string of the molecule is [N-]=[N+]=NCCCCNC(=O)COc1ccc(Cl)cc1. The maximum absolute atomic E-state index is 11.4. The summed E-state index contributed by atoms with van der Waals surface area (Å²) in [6, 6.07) is 6.81. The second-order valence-electron chi connectivity index (χ2n) is 3.75. The van der Waals surface area contributed by atoms with Gasteiger partial charge in [-0.15, -0.1) is 0 Å². The van der Waals surface area contributed by atoms with Gasteiger partial charge in [0.15, 0.2) is 6.61 Å². The molecule has 0 saturated heterocycles. The smallest absolute Gasteiger partial charge is 0.257 e. The number of hydrogen-bond acceptors (Lipinski definition) is 3. The van der Waals surface area contributed by atoms with Crippen molar-refractivity contribution in [3.63, 3.8) is 0 Å². The third-order valence-electron chi connectivity index (χ3n) is 2.25. The lowest BCUT2D eigenvalue weighted by Gasteiger charge is -2.07. The van der Waals surface area contributed by atoms with Crippen LogP contribution in [0, 0.1) is 0 Å². The van der Waals surface area contributed by atoms with E-state index in [0.29, 0.717) is 23.9 Å². The zero-order valence-corrected chi connectivity index (χ0v) is 11.1. The number of ether oxygens (including phenoxy) is 1. The molecule has 19 heavy (non-hydrogen) atoms. The zero-order valence-electron chi connectivity index (χ0n) is 10.4. The number of unbranched alkanes of at least 4 members (excludes halogenated alkanes) is 1. The van der Waals surface area contributed by atoms with Crippen molar-refractivity contribution in [1.82, 2.24) is 5.32 Å². The molecular weight excluding hydrogens is 268 g/mol. The first kappa shape index (κ1) is 15.1. The fourth-order valence-corrected chi connectivity index (χ4v) is 1.44. The Hall–Kier alpha value is -1.91. The highest BCUT2D eigenvalue weighted by Crippen LogP contribution is 2.15. The number of azide groups is 1. The largest absolute Gasteiger partial charge is 0.484 e. The Kier molecular flexibility index (Phi) is 7.24. The highest BCUT2D eigenvalue weighted by atomic mass is 35.5. The highest BCUT2D eigenvalue weighted by molar-refractivity contribution is 6.30. The Bertz CT molecular complexity index is 444. The number of halogens is 1. The molecule has 1 amide bonds. The topological polar surface area (TPSA) is 87.1 Å². The monoisotopic (exact) mass is 282 g/mol. The van der Waals surface area contributed by atoms with E-state index >= 15 is 0 Å². The molecule has 1 N–H and O–H groups in total. The molecule has 1 aromatic rings. The zero-order chi connectivity index (χ0) is 13.9. The summed E-state index contributed by atoms with van der Waals surface area (Å²) in [7, 11) is 0. The molecule has 0 fully saturated rings. The summed E-state index contributed by atoms with van der Waals surface area (Å²) < 4.78 is 5.28. The molecule has 0 bridgehead atoms. The van der Waals surface area contributed by atoms with E-state index in [9.17, 15) is 4.79 Å². The lowest BCUT2D eigenvalue weighted by Crippen LogP contribution is -2.29. The molecule has 0 saturated carbocycles. The van der Waals surface area contributed by atoms with Crippen molar-refractivity contribution in [1.29, 1.82) is 0 Å². The van der Waals surface area contributed by atoms with E-state index in [-0.39, 0.29) is 12.5 Å².